The van der Waals surface area contributed by atoms with E-state index >= 15 is 0 Å². The molecular weight excluding hydrogens is 354 g/mol. The quantitative estimate of drug-likeness (QED) is 0.743. The molecule has 1 fully saturated rings. The topological polar surface area (TPSA) is 80.1 Å². The molecule has 2 amide bonds. The maximum absolute atomic E-state index is 13.0. The number of carbonyl (C=O) groups is 2. The largest absolute Gasteiger partial charge is 0.327 e. The van der Waals surface area contributed by atoms with Gasteiger partial charge in [-0.2, -0.15) is 5.10 Å². The predicted octanol–water partition coefficient (Wildman–Crippen LogP) is 2.57. The van der Waals surface area contributed by atoms with Crippen molar-refractivity contribution >= 4 is 17.5 Å². The minimum Gasteiger partial charge on any atom is -0.327 e. The van der Waals surface area contributed by atoms with Gasteiger partial charge in [0.05, 0.1) is 6.54 Å². The molecule has 1 saturated heterocycles. The molecule has 0 radical (unpaired) electrons. The number of rotatable bonds is 5. The number of nitrogens with one attached hydrogen (secondary N) is 1. The average Bonchev–Trinajstić information content (AvgIpc) is 3.41. The van der Waals surface area contributed by atoms with E-state index in [0.29, 0.717) is 25.1 Å². The third-order valence-electron chi connectivity index (χ3n) is 4.87. The Morgan fingerprint density at radius 1 is 1.07 bits per heavy atom. The minimum atomic E-state index is -0.442. The summed E-state index contributed by atoms with van der Waals surface area (Å²) in [5.41, 5.74) is 2.35. The first-order valence-corrected chi connectivity index (χ1v) is 9.29. The summed E-state index contributed by atoms with van der Waals surface area (Å²) in [6.45, 7) is 1.19. The molecule has 1 aliphatic rings. The maximum atomic E-state index is 13.0. The van der Waals surface area contributed by atoms with Crippen LogP contribution < -0.4 is 5.32 Å². The van der Waals surface area contributed by atoms with Gasteiger partial charge in [-0.25, -0.2) is 9.67 Å². The summed E-state index contributed by atoms with van der Waals surface area (Å²) in [6, 6.07) is 16.3. The monoisotopic (exact) mass is 375 g/mol. The lowest BCUT2D eigenvalue weighted by atomic mass is 10.1. The van der Waals surface area contributed by atoms with Crippen LogP contribution in [-0.4, -0.2) is 44.1 Å². The highest BCUT2D eigenvalue weighted by Gasteiger charge is 2.34. The number of hydrogen-bond acceptors (Lipinski definition) is 4. The highest BCUT2D eigenvalue weighted by molar-refractivity contribution is 6.01. The second kappa shape index (κ2) is 8.04. The Morgan fingerprint density at radius 3 is 2.57 bits per heavy atom. The summed E-state index contributed by atoms with van der Waals surface area (Å²) in [6.07, 6.45) is 4.64. The first-order chi connectivity index (χ1) is 13.7. The predicted molar refractivity (Wildman–Crippen MR) is 105 cm³/mol. The van der Waals surface area contributed by atoms with Crippen molar-refractivity contribution in [2.75, 3.05) is 11.9 Å². The van der Waals surface area contributed by atoms with E-state index in [1.807, 2.05) is 42.5 Å². The standard InChI is InChI=1S/C21H21N5O2/c27-20(24-18-5-2-1-3-6-18)19-7-4-12-26(19)21(28)17-10-8-16(9-11-17)13-25-15-22-14-23-25/h1-3,5-6,8-11,14-15,19H,4,7,12-13H2,(H,24,27)/t19-/m1/s1. The van der Waals surface area contributed by atoms with Gasteiger partial charge in [0.2, 0.25) is 5.91 Å². The van der Waals surface area contributed by atoms with Crippen LogP contribution in [0.5, 0.6) is 0 Å². The van der Waals surface area contributed by atoms with E-state index < -0.39 is 6.04 Å². The van der Waals surface area contributed by atoms with Gasteiger partial charge in [0.15, 0.2) is 0 Å². The molecule has 0 unspecified atom stereocenters. The second-order valence-electron chi connectivity index (χ2n) is 6.80. The lowest BCUT2D eigenvalue weighted by Crippen LogP contribution is -2.43. The molecule has 142 valence electrons. The fraction of sp³-hybridized carbons (Fsp3) is 0.238. The molecule has 3 aromatic rings. The summed E-state index contributed by atoms with van der Waals surface area (Å²) in [5.74, 6) is -0.252. The number of aromatic nitrogens is 3. The highest BCUT2D eigenvalue weighted by Crippen LogP contribution is 2.22. The zero-order chi connectivity index (χ0) is 19.3. The number of carbonyl (C=O) groups excluding carboxylic acids is 2. The van der Waals surface area contributed by atoms with Gasteiger partial charge >= 0.3 is 0 Å². The third-order valence-corrected chi connectivity index (χ3v) is 4.87. The molecule has 4 rings (SSSR count). The van der Waals surface area contributed by atoms with Gasteiger partial charge < -0.3 is 10.2 Å². The van der Waals surface area contributed by atoms with Gasteiger partial charge in [-0.15, -0.1) is 0 Å². The van der Waals surface area contributed by atoms with Crippen LogP contribution in [0.1, 0.15) is 28.8 Å². The van der Waals surface area contributed by atoms with E-state index in [1.165, 1.54) is 6.33 Å². The molecule has 7 heteroatoms. The molecule has 0 saturated carbocycles. The van der Waals surface area contributed by atoms with E-state index in [0.717, 1.165) is 17.7 Å². The molecule has 28 heavy (non-hydrogen) atoms. The molecule has 0 aliphatic carbocycles. The van der Waals surface area contributed by atoms with Crippen molar-refractivity contribution < 1.29 is 9.59 Å². The zero-order valence-corrected chi connectivity index (χ0v) is 15.4. The summed E-state index contributed by atoms with van der Waals surface area (Å²) < 4.78 is 1.72. The van der Waals surface area contributed by atoms with Crippen LogP contribution in [0.15, 0.2) is 67.3 Å². The smallest absolute Gasteiger partial charge is 0.254 e. The molecule has 0 bridgehead atoms. The van der Waals surface area contributed by atoms with Crippen LogP contribution in [0.25, 0.3) is 0 Å². The fourth-order valence-corrected chi connectivity index (χ4v) is 3.45. The first-order valence-electron chi connectivity index (χ1n) is 9.29. The van der Waals surface area contributed by atoms with Gasteiger partial charge in [0, 0.05) is 17.8 Å². The number of hydrogen-bond donors (Lipinski definition) is 1. The summed E-state index contributed by atoms with van der Waals surface area (Å²) in [4.78, 5) is 31.2. The van der Waals surface area contributed by atoms with E-state index in [9.17, 15) is 9.59 Å². The number of para-hydroxylation sites is 1. The van der Waals surface area contributed by atoms with Crippen molar-refractivity contribution in [1.29, 1.82) is 0 Å². The average molecular weight is 375 g/mol. The molecular formula is C21H21N5O2. The normalized spacial score (nSPS) is 16.1. The van der Waals surface area contributed by atoms with Crippen molar-refractivity contribution in [1.82, 2.24) is 19.7 Å². The number of benzene rings is 2. The van der Waals surface area contributed by atoms with Crippen molar-refractivity contribution in [2.45, 2.75) is 25.4 Å². The van der Waals surface area contributed by atoms with Gasteiger partial charge in [-0.3, -0.25) is 9.59 Å². The van der Waals surface area contributed by atoms with Crippen molar-refractivity contribution in [3.8, 4) is 0 Å². The number of nitrogens with zero attached hydrogens (tertiary/aromatic N) is 4. The summed E-state index contributed by atoms with van der Waals surface area (Å²) in [5, 5.41) is 6.99. The number of amides is 2. The van der Waals surface area contributed by atoms with Crippen LogP contribution in [0.4, 0.5) is 5.69 Å². The molecule has 1 aliphatic heterocycles. The number of anilines is 1. The second-order valence-corrected chi connectivity index (χ2v) is 6.80. The van der Waals surface area contributed by atoms with Crippen LogP contribution in [0.3, 0.4) is 0 Å². The van der Waals surface area contributed by atoms with Crippen molar-refractivity contribution in [2.24, 2.45) is 0 Å². The van der Waals surface area contributed by atoms with Crippen LogP contribution in [0.2, 0.25) is 0 Å². The van der Waals surface area contributed by atoms with Gasteiger partial charge in [-0.05, 0) is 42.7 Å². The number of likely N-dealkylation sites (tertiary alicyclic amines) is 1. The molecule has 2 aromatic carbocycles. The van der Waals surface area contributed by atoms with Crippen molar-refractivity contribution in [3.63, 3.8) is 0 Å². The van der Waals surface area contributed by atoms with E-state index in [2.05, 4.69) is 15.4 Å². The zero-order valence-electron chi connectivity index (χ0n) is 15.4. The Morgan fingerprint density at radius 2 is 1.86 bits per heavy atom. The van der Waals surface area contributed by atoms with Gasteiger partial charge in [0.25, 0.3) is 5.91 Å². The Labute approximate surface area is 163 Å². The molecule has 1 atom stereocenters. The van der Waals surface area contributed by atoms with E-state index in [1.54, 1.807) is 28.0 Å². The lowest BCUT2D eigenvalue weighted by Gasteiger charge is -2.24. The van der Waals surface area contributed by atoms with Crippen LogP contribution in [-0.2, 0) is 11.3 Å². The Kier molecular flexibility index (Phi) is 5.14. The molecule has 0 spiro atoms. The van der Waals surface area contributed by atoms with Crippen LogP contribution in [0, 0.1) is 0 Å². The Bertz CT molecular complexity index is 939. The lowest BCUT2D eigenvalue weighted by molar-refractivity contribution is -0.119. The minimum absolute atomic E-state index is 0.113. The SMILES string of the molecule is O=C(Nc1ccccc1)[C@H]1CCCN1C(=O)c1ccc(Cn2cncn2)cc1. The van der Waals surface area contributed by atoms with E-state index in [4.69, 9.17) is 0 Å². The molecule has 7 nitrogen and oxygen atoms in total. The maximum Gasteiger partial charge on any atom is 0.254 e. The van der Waals surface area contributed by atoms with Gasteiger partial charge in [0.1, 0.15) is 18.7 Å². The van der Waals surface area contributed by atoms with Crippen molar-refractivity contribution in [3.05, 3.63) is 78.4 Å². The van der Waals surface area contributed by atoms with Crippen LogP contribution >= 0.6 is 0 Å². The first kappa shape index (κ1) is 17.9. The Hall–Kier alpha value is -3.48. The van der Waals surface area contributed by atoms with Gasteiger partial charge in [-0.1, -0.05) is 30.3 Å². The Balaban J connectivity index is 1.43. The molecule has 2 heterocycles. The summed E-state index contributed by atoms with van der Waals surface area (Å²) in [7, 11) is 0. The third kappa shape index (κ3) is 3.93. The molecule has 1 N–H and O–H groups in total. The molecule has 1 aromatic heterocycles. The van der Waals surface area contributed by atoms with E-state index in [-0.39, 0.29) is 11.8 Å². The fourth-order valence-electron chi connectivity index (χ4n) is 3.45. The highest BCUT2D eigenvalue weighted by atomic mass is 16.2. The summed E-state index contributed by atoms with van der Waals surface area (Å²) >= 11 is 0.